The summed E-state index contributed by atoms with van der Waals surface area (Å²) in [4.78, 5) is 0. The Morgan fingerprint density at radius 1 is 1.10 bits per heavy atom. The first-order chi connectivity index (χ1) is 4.77. The second-order valence-electron chi connectivity index (χ2n) is 4.58. The zero-order valence-corrected chi connectivity index (χ0v) is 7.14. The summed E-state index contributed by atoms with van der Waals surface area (Å²) in [6, 6.07) is 0. The molecule has 0 unspecified atom stereocenters. The van der Waals surface area contributed by atoms with Crippen molar-refractivity contribution in [3.05, 3.63) is 0 Å². The van der Waals surface area contributed by atoms with Gasteiger partial charge in [0.15, 0.2) is 0 Å². The van der Waals surface area contributed by atoms with Crippen LogP contribution in [0.15, 0.2) is 0 Å². The van der Waals surface area contributed by atoms with Crippen molar-refractivity contribution in [2.75, 3.05) is 0 Å². The lowest BCUT2D eigenvalue weighted by atomic mass is 9.41. The standard InChI is InChI=1S/C9H17B/c1-10(2)9-6-7-3-4-8(9)5-7/h7-9H,3-6H2,1-2H3/t7-,8+,9+/m1/s1. The smallest absolute Gasteiger partial charge is 0.0861 e. The summed E-state index contributed by atoms with van der Waals surface area (Å²) in [7, 11) is 0. The molecule has 0 N–H and O–H groups in total. The summed E-state index contributed by atoms with van der Waals surface area (Å²) in [5.41, 5.74) is 0. The van der Waals surface area contributed by atoms with E-state index in [-0.39, 0.29) is 0 Å². The van der Waals surface area contributed by atoms with Crippen molar-refractivity contribution >= 4 is 6.71 Å². The zero-order valence-electron chi connectivity index (χ0n) is 7.14. The van der Waals surface area contributed by atoms with Crippen LogP contribution in [0.1, 0.15) is 25.7 Å². The maximum atomic E-state index is 2.39. The van der Waals surface area contributed by atoms with Crippen LogP contribution in [0.2, 0.25) is 19.5 Å². The van der Waals surface area contributed by atoms with Crippen LogP contribution in [-0.2, 0) is 0 Å². The molecule has 2 rings (SSSR count). The summed E-state index contributed by atoms with van der Waals surface area (Å²) in [5.74, 6) is 3.36. The van der Waals surface area contributed by atoms with Gasteiger partial charge in [0.2, 0.25) is 0 Å². The number of hydrogen-bond donors (Lipinski definition) is 0. The van der Waals surface area contributed by atoms with Crippen LogP contribution in [-0.4, -0.2) is 6.71 Å². The molecule has 2 bridgehead atoms. The van der Waals surface area contributed by atoms with Crippen molar-refractivity contribution in [1.29, 1.82) is 0 Å². The Morgan fingerprint density at radius 3 is 2.20 bits per heavy atom. The third kappa shape index (κ3) is 0.907. The minimum absolute atomic E-state index is 0.954. The summed E-state index contributed by atoms with van der Waals surface area (Å²) in [6.45, 7) is 5.74. The quantitative estimate of drug-likeness (QED) is 0.486. The highest BCUT2D eigenvalue weighted by Gasteiger charge is 2.40. The van der Waals surface area contributed by atoms with Crippen molar-refractivity contribution < 1.29 is 0 Å². The predicted octanol–water partition coefficient (Wildman–Crippen LogP) is 2.93. The molecule has 0 heterocycles. The summed E-state index contributed by atoms with van der Waals surface area (Å²) in [6.07, 6.45) is 6.23. The topological polar surface area (TPSA) is 0 Å². The molecule has 0 spiro atoms. The third-order valence-corrected chi connectivity index (χ3v) is 3.65. The highest BCUT2D eigenvalue weighted by Crippen LogP contribution is 2.52. The molecule has 2 aliphatic rings. The SMILES string of the molecule is CB(C)[C@H]1C[C@@H]2CC[C@H]1C2. The fourth-order valence-electron chi connectivity index (χ4n) is 3.11. The van der Waals surface area contributed by atoms with Gasteiger partial charge in [-0.2, -0.15) is 0 Å². The van der Waals surface area contributed by atoms with E-state index in [4.69, 9.17) is 0 Å². The van der Waals surface area contributed by atoms with Crippen LogP contribution in [0.5, 0.6) is 0 Å². The van der Waals surface area contributed by atoms with Gasteiger partial charge in [-0.15, -0.1) is 0 Å². The molecule has 0 aliphatic heterocycles. The molecule has 56 valence electrons. The minimum Gasteiger partial charge on any atom is -0.0861 e. The van der Waals surface area contributed by atoms with E-state index in [1.165, 1.54) is 0 Å². The van der Waals surface area contributed by atoms with Crippen molar-refractivity contribution in [3.8, 4) is 0 Å². The van der Waals surface area contributed by atoms with Crippen LogP contribution in [0.25, 0.3) is 0 Å². The minimum atomic E-state index is 0.954. The van der Waals surface area contributed by atoms with E-state index in [9.17, 15) is 0 Å². The maximum absolute atomic E-state index is 2.39. The largest absolute Gasteiger partial charge is 0.137 e. The van der Waals surface area contributed by atoms with Gasteiger partial charge < -0.3 is 0 Å². The Balaban J connectivity index is 2.02. The van der Waals surface area contributed by atoms with E-state index in [0.717, 1.165) is 24.4 Å². The monoisotopic (exact) mass is 136 g/mol. The molecule has 0 nitrogen and oxygen atoms in total. The van der Waals surface area contributed by atoms with Crippen molar-refractivity contribution in [2.24, 2.45) is 11.8 Å². The summed E-state index contributed by atoms with van der Waals surface area (Å²) < 4.78 is 0. The van der Waals surface area contributed by atoms with Crippen LogP contribution in [0, 0.1) is 11.8 Å². The molecular formula is C9H17B. The van der Waals surface area contributed by atoms with E-state index >= 15 is 0 Å². The Labute approximate surface area is 64.5 Å². The van der Waals surface area contributed by atoms with Crippen LogP contribution >= 0.6 is 0 Å². The van der Waals surface area contributed by atoms with E-state index in [1.54, 1.807) is 25.7 Å². The van der Waals surface area contributed by atoms with Crippen molar-refractivity contribution in [2.45, 2.75) is 45.1 Å². The lowest BCUT2D eigenvalue weighted by Gasteiger charge is -2.23. The first-order valence-electron chi connectivity index (χ1n) is 4.77. The van der Waals surface area contributed by atoms with Crippen molar-refractivity contribution in [1.82, 2.24) is 0 Å². The lowest BCUT2D eigenvalue weighted by Crippen LogP contribution is -2.17. The van der Waals surface area contributed by atoms with E-state index in [0.29, 0.717) is 0 Å². The van der Waals surface area contributed by atoms with Gasteiger partial charge in [-0.05, 0) is 18.3 Å². The zero-order chi connectivity index (χ0) is 7.14. The van der Waals surface area contributed by atoms with Gasteiger partial charge in [0.25, 0.3) is 0 Å². The first kappa shape index (κ1) is 6.76. The van der Waals surface area contributed by atoms with Gasteiger partial charge in [0, 0.05) is 0 Å². The van der Waals surface area contributed by atoms with E-state index in [1.807, 2.05) is 0 Å². The Bertz CT molecular complexity index is 131. The molecule has 2 saturated carbocycles. The van der Waals surface area contributed by atoms with Gasteiger partial charge in [-0.1, -0.05) is 38.7 Å². The Kier molecular flexibility index (Phi) is 1.54. The first-order valence-corrected chi connectivity index (χ1v) is 4.77. The molecule has 1 heteroatoms. The van der Waals surface area contributed by atoms with Gasteiger partial charge >= 0.3 is 0 Å². The van der Waals surface area contributed by atoms with Gasteiger partial charge in [-0.3, -0.25) is 0 Å². The summed E-state index contributed by atoms with van der Waals surface area (Å²) >= 11 is 0. The van der Waals surface area contributed by atoms with Gasteiger partial charge in [0.05, 0.1) is 0 Å². The average molecular weight is 136 g/mol. The molecule has 2 aliphatic carbocycles. The van der Waals surface area contributed by atoms with Crippen molar-refractivity contribution in [3.63, 3.8) is 0 Å². The molecule has 10 heavy (non-hydrogen) atoms. The van der Waals surface area contributed by atoms with Gasteiger partial charge in [-0.25, -0.2) is 0 Å². The lowest BCUT2D eigenvalue weighted by molar-refractivity contribution is 0.474. The molecular weight excluding hydrogens is 119 g/mol. The molecule has 0 aromatic rings. The average Bonchev–Trinajstić information content (AvgIpc) is 2.44. The van der Waals surface area contributed by atoms with E-state index in [2.05, 4.69) is 13.6 Å². The molecule has 0 amide bonds. The second kappa shape index (κ2) is 2.28. The Hall–Kier alpha value is 0.0649. The van der Waals surface area contributed by atoms with E-state index < -0.39 is 0 Å². The van der Waals surface area contributed by atoms with Crippen LogP contribution in [0.3, 0.4) is 0 Å². The van der Waals surface area contributed by atoms with Crippen LogP contribution < -0.4 is 0 Å². The predicted molar refractivity (Wildman–Crippen MR) is 46.7 cm³/mol. The molecule has 3 atom stereocenters. The summed E-state index contributed by atoms with van der Waals surface area (Å²) in [5, 5.41) is 0. The fraction of sp³-hybridized carbons (Fsp3) is 1.00. The molecule has 0 saturated heterocycles. The normalized spacial score (nSPS) is 44.4. The molecule has 0 aromatic carbocycles. The molecule has 2 fully saturated rings. The Morgan fingerprint density at radius 2 is 1.90 bits per heavy atom. The number of rotatable bonds is 1. The fourth-order valence-corrected chi connectivity index (χ4v) is 3.11. The van der Waals surface area contributed by atoms with Gasteiger partial charge in [0.1, 0.15) is 6.71 Å². The van der Waals surface area contributed by atoms with Crippen LogP contribution in [0.4, 0.5) is 0 Å². The highest BCUT2D eigenvalue weighted by atomic mass is 14.4. The molecule has 0 radical (unpaired) electrons. The maximum Gasteiger partial charge on any atom is 0.137 e. The highest BCUT2D eigenvalue weighted by molar-refractivity contribution is 6.57. The number of hydrogen-bond acceptors (Lipinski definition) is 0. The number of fused-ring (bicyclic) bond motifs is 2. The molecule has 0 aromatic heterocycles. The third-order valence-electron chi connectivity index (χ3n) is 3.65. The second-order valence-corrected chi connectivity index (χ2v) is 4.58.